The second kappa shape index (κ2) is 7.38. The molecular weight excluding hydrogens is 386 g/mol. The Morgan fingerprint density at radius 1 is 1.22 bits per heavy atom. The van der Waals surface area contributed by atoms with Crippen LogP contribution in [0.4, 0.5) is 16.2 Å². The van der Waals surface area contributed by atoms with E-state index in [1.54, 1.807) is 41.8 Å². The van der Waals surface area contributed by atoms with E-state index in [9.17, 15) is 9.59 Å². The summed E-state index contributed by atoms with van der Waals surface area (Å²) in [5.41, 5.74) is 2.43. The fraction of sp³-hybridized carbons (Fsp3) is 0.105. The highest BCUT2D eigenvalue weighted by molar-refractivity contribution is 7.13. The van der Waals surface area contributed by atoms with E-state index in [1.807, 2.05) is 12.1 Å². The molecule has 2 heterocycles. The van der Waals surface area contributed by atoms with E-state index in [0.717, 1.165) is 10.6 Å². The van der Waals surface area contributed by atoms with E-state index in [2.05, 4.69) is 10.3 Å². The number of carbonyl (C=O) groups excluding carboxylic acids is 2. The van der Waals surface area contributed by atoms with Crippen LogP contribution in [0.15, 0.2) is 53.9 Å². The molecule has 1 fully saturated rings. The van der Waals surface area contributed by atoms with E-state index in [-0.39, 0.29) is 12.0 Å². The number of halogens is 1. The Kier molecular flexibility index (Phi) is 4.79. The molecule has 0 spiro atoms. The lowest BCUT2D eigenvalue weighted by atomic mass is 10.2. The van der Waals surface area contributed by atoms with Crippen molar-refractivity contribution in [3.05, 3.63) is 64.6 Å². The summed E-state index contributed by atoms with van der Waals surface area (Å²) in [6, 6.07) is 14.4. The minimum absolute atomic E-state index is 0.319. The van der Waals surface area contributed by atoms with E-state index < -0.39 is 0 Å². The lowest BCUT2D eigenvalue weighted by Crippen LogP contribution is -2.23. The van der Waals surface area contributed by atoms with Crippen molar-refractivity contribution in [3.63, 3.8) is 0 Å². The second-order valence-electron chi connectivity index (χ2n) is 5.82. The Morgan fingerprint density at radius 3 is 2.85 bits per heavy atom. The number of hydrogen-bond acceptors (Lipinski definition) is 5. The molecule has 3 aromatic rings. The van der Waals surface area contributed by atoms with E-state index in [1.165, 1.54) is 16.2 Å². The van der Waals surface area contributed by atoms with Gasteiger partial charge in [0.1, 0.15) is 17.3 Å². The topological polar surface area (TPSA) is 71.5 Å². The van der Waals surface area contributed by atoms with Gasteiger partial charge >= 0.3 is 6.09 Å². The molecular formula is C19H14ClN3O3S. The van der Waals surface area contributed by atoms with E-state index >= 15 is 0 Å². The van der Waals surface area contributed by atoms with Crippen LogP contribution in [0.3, 0.4) is 0 Å². The number of nitrogens with zero attached hydrogens (tertiary/aromatic N) is 2. The maximum atomic E-state index is 12.5. The molecule has 1 N–H and O–H groups in total. The summed E-state index contributed by atoms with van der Waals surface area (Å²) < 4.78 is 4.94. The third-order valence-electron chi connectivity index (χ3n) is 3.98. The molecule has 0 atom stereocenters. The number of nitrogens with one attached hydrogen (secondary N) is 1. The van der Waals surface area contributed by atoms with Crippen LogP contribution < -0.4 is 10.2 Å². The van der Waals surface area contributed by atoms with Gasteiger partial charge in [-0.1, -0.05) is 29.8 Å². The smallest absolute Gasteiger partial charge is 0.414 e. The molecule has 0 bridgehead atoms. The molecule has 1 aliphatic rings. The average molecular weight is 400 g/mol. The predicted molar refractivity (Wildman–Crippen MR) is 106 cm³/mol. The van der Waals surface area contributed by atoms with Crippen molar-refractivity contribution in [2.75, 3.05) is 23.4 Å². The maximum absolute atomic E-state index is 12.5. The molecule has 27 heavy (non-hydrogen) atoms. The second-order valence-corrected chi connectivity index (χ2v) is 7.11. The first kappa shape index (κ1) is 17.5. The van der Waals surface area contributed by atoms with Gasteiger partial charge in [-0.15, -0.1) is 11.3 Å². The minimum atomic E-state index is -0.385. The number of hydrogen-bond donors (Lipinski definition) is 1. The Hall–Kier alpha value is -2.90. The molecule has 1 aromatic heterocycles. The minimum Gasteiger partial charge on any atom is -0.447 e. The zero-order valence-corrected chi connectivity index (χ0v) is 15.6. The van der Waals surface area contributed by atoms with Crippen LogP contribution in [-0.4, -0.2) is 30.1 Å². The zero-order chi connectivity index (χ0) is 18.8. The van der Waals surface area contributed by atoms with Crippen molar-refractivity contribution in [2.24, 2.45) is 0 Å². The highest BCUT2D eigenvalue weighted by Gasteiger charge is 2.23. The van der Waals surface area contributed by atoms with Crippen LogP contribution in [0.5, 0.6) is 0 Å². The molecule has 8 heteroatoms. The van der Waals surface area contributed by atoms with Crippen LogP contribution >= 0.6 is 22.9 Å². The summed E-state index contributed by atoms with van der Waals surface area (Å²) >= 11 is 7.39. The average Bonchev–Trinajstić information content (AvgIpc) is 3.31. The van der Waals surface area contributed by atoms with Gasteiger partial charge in [-0.3, -0.25) is 9.69 Å². The van der Waals surface area contributed by atoms with Crippen LogP contribution in [0.1, 0.15) is 10.5 Å². The Bertz CT molecular complexity index is 1020. The van der Waals surface area contributed by atoms with Gasteiger partial charge in [0.05, 0.1) is 6.54 Å². The van der Waals surface area contributed by atoms with Crippen LogP contribution in [-0.2, 0) is 4.74 Å². The van der Waals surface area contributed by atoms with Crippen molar-refractivity contribution >= 4 is 46.3 Å². The Morgan fingerprint density at radius 2 is 2.07 bits per heavy atom. The third kappa shape index (κ3) is 3.79. The molecule has 0 radical (unpaired) electrons. The predicted octanol–water partition coefficient (Wildman–Crippen LogP) is 4.67. The van der Waals surface area contributed by atoms with Crippen molar-refractivity contribution in [2.45, 2.75) is 0 Å². The first-order valence-electron chi connectivity index (χ1n) is 8.17. The number of amides is 2. The maximum Gasteiger partial charge on any atom is 0.414 e. The summed E-state index contributed by atoms with van der Waals surface area (Å²) in [6.07, 6.45) is -0.385. The van der Waals surface area contributed by atoms with Gasteiger partial charge in [-0.25, -0.2) is 9.78 Å². The van der Waals surface area contributed by atoms with Crippen molar-refractivity contribution in [3.8, 4) is 10.6 Å². The molecule has 0 aliphatic carbocycles. The summed E-state index contributed by atoms with van der Waals surface area (Å²) in [7, 11) is 0. The van der Waals surface area contributed by atoms with Gasteiger partial charge in [0, 0.05) is 27.3 Å². The van der Waals surface area contributed by atoms with Crippen LogP contribution in [0, 0.1) is 0 Å². The number of rotatable bonds is 4. The third-order valence-corrected chi connectivity index (χ3v) is 5.11. The van der Waals surface area contributed by atoms with Crippen molar-refractivity contribution < 1.29 is 14.3 Å². The lowest BCUT2D eigenvalue weighted by Gasteiger charge is -2.14. The van der Waals surface area contributed by atoms with Gasteiger partial charge in [0.2, 0.25) is 0 Å². The van der Waals surface area contributed by atoms with Gasteiger partial charge in [0.15, 0.2) is 0 Å². The van der Waals surface area contributed by atoms with Crippen LogP contribution in [0.25, 0.3) is 10.6 Å². The largest absolute Gasteiger partial charge is 0.447 e. The number of ether oxygens (including phenoxy) is 1. The zero-order valence-electron chi connectivity index (χ0n) is 14.0. The van der Waals surface area contributed by atoms with Crippen molar-refractivity contribution in [1.29, 1.82) is 0 Å². The summed E-state index contributed by atoms with van der Waals surface area (Å²) in [4.78, 5) is 30.1. The molecule has 4 rings (SSSR count). The number of carbonyl (C=O) groups is 2. The lowest BCUT2D eigenvalue weighted by molar-refractivity contribution is 0.102. The van der Waals surface area contributed by atoms with Gasteiger partial charge in [-0.05, 0) is 30.3 Å². The summed E-state index contributed by atoms with van der Waals surface area (Å²) in [6.45, 7) is 0.853. The molecule has 136 valence electrons. The molecule has 0 saturated carbocycles. The molecule has 1 aliphatic heterocycles. The molecule has 0 unspecified atom stereocenters. The monoisotopic (exact) mass is 399 g/mol. The van der Waals surface area contributed by atoms with Gasteiger partial charge < -0.3 is 10.1 Å². The number of thiazole rings is 1. The number of anilines is 2. The number of aromatic nitrogens is 1. The Balaban J connectivity index is 1.51. The first-order chi connectivity index (χ1) is 13.1. The standard InChI is InChI=1S/C19H14ClN3O3S/c20-13-4-1-3-12(9-13)18-22-16(11-27-18)17(24)21-14-5-2-6-15(10-14)23-7-8-26-19(23)25/h1-6,9-11H,7-8H2,(H,21,24). The van der Waals surface area contributed by atoms with Gasteiger partial charge in [0.25, 0.3) is 5.91 Å². The molecule has 2 amide bonds. The van der Waals surface area contributed by atoms with Crippen LogP contribution in [0.2, 0.25) is 5.02 Å². The SMILES string of the molecule is O=C(Nc1cccc(N2CCOC2=O)c1)c1csc(-c2cccc(Cl)c2)n1. The molecule has 1 saturated heterocycles. The summed E-state index contributed by atoms with van der Waals surface area (Å²) in [5, 5.41) is 5.85. The number of cyclic esters (lactones) is 1. The fourth-order valence-corrected chi connectivity index (χ4v) is 3.69. The molecule has 6 nitrogen and oxygen atoms in total. The summed E-state index contributed by atoms with van der Waals surface area (Å²) in [5.74, 6) is -0.319. The van der Waals surface area contributed by atoms with E-state index in [4.69, 9.17) is 16.3 Å². The normalized spacial score (nSPS) is 13.5. The first-order valence-corrected chi connectivity index (χ1v) is 9.43. The van der Waals surface area contributed by atoms with Crippen molar-refractivity contribution in [1.82, 2.24) is 4.98 Å². The number of benzene rings is 2. The molecule has 2 aromatic carbocycles. The Labute approximate surface area is 164 Å². The fourth-order valence-electron chi connectivity index (χ4n) is 2.71. The quantitative estimate of drug-likeness (QED) is 0.691. The van der Waals surface area contributed by atoms with Gasteiger partial charge in [-0.2, -0.15) is 0 Å². The van der Waals surface area contributed by atoms with E-state index in [0.29, 0.717) is 35.2 Å². The highest BCUT2D eigenvalue weighted by Crippen LogP contribution is 2.27. The highest BCUT2D eigenvalue weighted by atomic mass is 35.5.